The maximum atomic E-state index is 11.6. The van der Waals surface area contributed by atoms with Crippen LogP contribution >= 0.6 is 0 Å². The van der Waals surface area contributed by atoms with E-state index in [1.165, 1.54) is 11.7 Å². The number of nitrogens with zero attached hydrogens (tertiary/aromatic N) is 1. The molecule has 1 atom stereocenters. The molecular formula is C19H16N2O4. The third-order valence-electron chi connectivity index (χ3n) is 4.06. The van der Waals surface area contributed by atoms with Crippen molar-refractivity contribution in [3.63, 3.8) is 0 Å². The standard InChI is InChI=1S/C19H16N2O4/c1-25-19(24)14-6-4-13(5-7-14)18(16-9-8-15(11-22)20-16)17-3-2-10-21(17)12-23/h2-12,18,20H,1H3. The van der Waals surface area contributed by atoms with E-state index in [0.29, 0.717) is 11.3 Å². The number of hydrogen-bond acceptors (Lipinski definition) is 4. The number of methoxy groups -OCH3 is 1. The van der Waals surface area contributed by atoms with Crippen LogP contribution in [0.4, 0.5) is 0 Å². The van der Waals surface area contributed by atoms with E-state index in [2.05, 4.69) is 4.98 Å². The highest BCUT2D eigenvalue weighted by atomic mass is 16.5. The van der Waals surface area contributed by atoms with Crippen LogP contribution in [0.3, 0.4) is 0 Å². The monoisotopic (exact) mass is 336 g/mol. The quantitative estimate of drug-likeness (QED) is 0.554. The average molecular weight is 336 g/mol. The number of benzene rings is 1. The lowest BCUT2D eigenvalue weighted by molar-refractivity contribution is 0.0600. The predicted octanol–water partition coefficient (Wildman–Crippen LogP) is 2.63. The molecule has 0 radical (unpaired) electrons. The molecule has 0 saturated carbocycles. The first kappa shape index (κ1) is 16.4. The van der Waals surface area contributed by atoms with Gasteiger partial charge in [-0.2, -0.15) is 0 Å². The molecule has 3 aromatic rings. The molecule has 0 aliphatic rings. The number of carbonyl (C=O) groups excluding carboxylic acids is 3. The molecule has 2 aromatic heterocycles. The fraction of sp³-hybridized carbons (Fsp3) is 0.105. The van der Waals surface area contributed by atoms with Crippen molar-refractivity contribution in [1.82, 2.24) is 9.55 Å². The third-order valence-corrected chi connectivity index (χ3v) is 4.06. The Morgan fingerprint density at radius 1 is 1.12 bits per heavy atom. The lowest BCUT2D eigenvalue weighted by atomic mass is 9.92. The zero-order valence-corrected chi connectivity index (χ0v) is 13.5. The Bertz CT molecular complexity index is 906. The molecule has 6 heteroatoms. The summed E-state index contributed by atoms with van der Waals surface area (Å²) in [5.74, 6) is -0.705. The summed E-state index contributed by atoms with van der Waals surface area (Å²) in [5.41, 5.74) is 3.29. The summed E-state index contributed by atoms with van der Waals surface area (Å²) in [4.78, 5) is 37.0. The number of hydrogen-bond donors (Lipinski definition) is 1. The van der Waals surface area contributed by atoms with Crippen LogP contribution in [-0.4, -0.2) is 35.3 Å². The van der Waals surface area contributed by atoms with Crippen molar-refractivity contribution in [3.8, 4) is 0 Å². The molecule has 0 aliphatic heterocycles. The van der Waals surface area contributed by atoms with E-state index in [4.69, 9.17) is 4.74 Å². The Hall–Kier alpha value is -3.41. The van der Waals surface area contributed by atoms with Crippen molar-refractivity contribution in [2.75, 3.05) is 7.11 Å². The molecule has 6 nitrogen and oxygen atoms in total. The molecule has 126 valence electrons. The molecule has 0 spiro atoms. The minimum atomic E-state index is -0.414. The number of esters is 1. The Morgan fingerprint density at radius 3 is 2.48 bits per heavy atom. The summed E-state index contributed by atoms with van der Waals surface area (Å²) in [7, 11) is 1.33. The largest absolute Gasteiger partial charge is 0.465 e. The summed E-state index contributed by atoms with van der Waals surface area (Å²) in [6, 6.07) is 14.1. The molecule has 0 bridgehead atoms. The van der Waals surface area contributed by atoms with Gasteiger partial charge in [-0.25, -0.2) is 4.79 Å². The summed E-state index contributed by atoms with van der Waals surface area (Å²) in [6.45, 7) is 0. The van der Waals surface area contributed by atoms with Crippen molar-refractivity contribution >= 4 is 18.7 Å². The molecule has 0 saturated heterocycles. The molecule has 25 heavy (non-hydrogen) atoms. The van der Waals surface area contributed by atoms with Crippen LogP contribution in [0.2, 0.25) is 0 Å². The smallest absolute Gasteiger partial charge is 0.337 e. The van der Waals surface area contributed by atoms with Gasteiger partial charge in [-0.05, 0) is 42.0 Å². The van der Waals surface area contributed by atoms with Crippen molar-refractivity contribution in [3.05, 3.63) is 82.9 Å². The van der Waals surface area contributed by atoms with Gasteiger partial charge in [0.05, 0.1) is 24.3 Å². The number of aromatic nitrogens is 2. The van der Waals surface area contributed by atoms with Crippen molar-refractivity contribution in [2.24, 2.45) is 0 Å². The van der Waals surface area contributed by atoms with Crippen LogP contribution in [-0.2, 0) is 9.53 Å². The van der Waals surface area contributed by atoms with Gasteiger partial charge >= 0.3 is 5.97 Å². The predicted molar refractivity (Wildman–Crippen MR) is 91.5 cm³/mol. The number of rotatable bonds is 6. The maximum Gasteiger partial charge on any atom is 0.337 e. The Labute approximate surface area is 144 Å². The van der Waals surface area contributed by atoms with Gasteiger partial charge in [0.25, 0.3) is 0 Å². The maximum absolute atomic E-state index is 11.6. The zero-order chi connectivity index (χ0) is 17.8. The zero-order valence-electron chi connectivity index (χ0n) is 13.5. The molecule has 2 heterocycles. The van der Waals surface area contributed by atoms with Crippen LogP contribution in [0.15, 0.2) is 54.7 Å². The number of aldehydes is 1. The fourth-order valence-electron chi connectivity index (χ4n) is 2.85. The number of H-pyrrole nitrogens is 1. The third kappa shape index (κ3) is 3.14. The summed E-state index contributed by atoms with van der Waals surface area (Å²) in [6.07, 6.45) is 3.14. The second kappa shape index (κ2) is 7.00. The van der Waals surface area contributed by atoms with Gasteiger partial charge in [0.15, 0.2) is 6.29 Å². The van der Waals surface area contributed by atoms with E-state index in [1.54, 1.807) is 42.6 Å². The minimum Gasteiger partial charge on any atom is -0.465 e. The SMILES string of the molecule is COC(=O)c1ccc(C(c2ccc(C=O)[nH]2)c2cccn2C=O)cc1. The molecule has 1 N–H and O–H groups in total. The molecule has 1 aromatic carbocycles. The molecule has 3 rings (SSSR count). The van der Waals surface area contributed by atoms with Crippen LogP contribution in [0.5, 0.6) is 0 Å². The fourth-order valence-corrected chi connectivity index (χ4v) is 2.85. The Balaban J connectivity index is 2.09. The normalized spacial score (nSPS) is 11.7. The molecule has 0 aliphatic carbocycles. The first-order chi connectivity index (χ1) is 12.2. The van der Waals surface area contributed by atoms with Crippen molar-refractivity contribution in [1.29, 1.82) is 0 Å². The van der Waals surface area contributed by atoms with E-state index >= 15 is 0 Å². The highest BCUT2D eigenvalue weighted by molar-refractivity contribution is 5.89. The highest BCUT2D eigenvalue weighted by Gasteiger charge is 2.22. The summed E-state index contributed by atoms with van der Waals surface area (Å²) < 4.78 is 6.20. The summed E-state index contributed by atoms with van der Waals surface area (Å²) >= 11 is 0. The van der Waals surface area contributed by atoms with Gasteiger partial charge in [0.2, 0.25) is 6.41 Å². The van der Waals surface area contributed by atoms with Crippen LogP contribution in [0, 0.1) is 0 Å². The van der Waals surface area contributed by atoms with Crippen molar-refractivity contribution < 1.29 is 19.1 Å². The van der Waals surface area contributed by atoms with E-state index in [0.717, 1.165) is 29.6 Å². The lowest BCUT2D eigenvalue weighted by Crippen LogP contribution is -2.11. The molecule has 0 fully saturated rings. The number of carbonyl (C=O) groups is 3. The van der Waals surface area contributed by atoms with Gasteiger partial charge in [-0.1, -0.05) is 12.1 Å². The first-order valence-electron chi connectivity index (χ1n) is 7.62. The van der Waals surface area contributed by atoms with E-state index in [1.807, 2.05) is 12.1 Å². The van der Waals surface area contributed by atoms with E-state index < -0.39 is 5.97 Å². The van der Waals surface area contributed by atoms with Crippen molar-refractivity contribution in [2.45, 2.75) is 5.92 Å². The van der Waals surface area contributed by atoms with Gasteiger partial charge in [-0.15, -0.1) is 0 Å². The average Bonchev–Trinajstić information content (AvgIpc) is 3.31. The number of aromatic amines is 1. The van der Waals surface area contributed by atoms with Gasteiger partial charge in [0, 0.05) is 17.6 Å². The Kier molecular flexibility index (Phi) is 4.61. The van der Waals surface area contributed by atoms with Gasteiger partial charge in [0.1, 0.15) is 0 Å². The topological polar surface area (TPSA) is 81.2 Å². The highest BCUT2D eigenvalue weighted by Crippen LogP contribution is 2.31. The molecule has 1 unspecified atom stereocenters. The second-order valence-electron chi connectivity index (χ2n) is 5.48. The van der Waals surface area contributed by atoms with E-state index in [-0.39, 0.29) is 5.92 Å². The van der Waals surface area contributed by atoms with Crippen LogP contribution in [0.1, 0.15) is 43.7 Å². The lowest BCUT2D eigenvalue weighted by Gasteiger charge is -2.17. The van der Waals surface area contributed by atoms with Crippen LogP contribution in [0.25, 0.3) is 0 Å². The first-order valence-corrected chi connectivity index (χ1v) is 7.62. The minimum absolute atomic E-state index is 0.291. The van der Waals surface area contributed by atoms with Gasteiger partial charge in [-0.3, -0.25) is 14.2 Å². The number of nitrogens with one attached hydrogen (secondary N) is 1. The second-order valence-corrected chi connectivity index (χ2v) is 5.48. The molecule has 0 amide bonds. The summed E-state index contributed by atoms with van der Waals surface area (Å²) in [5, 5.41) is 0. The van der Waals surface area contributed by atoms with Gasteiger partial charge < -0.3 is 9.72 Å². The van der Waals surface area contributed by atoms with Crippen LogP contribution < -0.4 is 0 Å². The number of ether oxygens (including phenoxy) is 1. The van der Waals surface area contributed by atoms with E-state index in [9.17, 15) is 14.4 Å². The Morgan fingerprint density at radius 2 is 1.88 bits per heavy atom. The molecular weight excluding hydrogens is 320 g/mol.